The lowest BCUT2D eigenvalue weighted by Gasteiger charge is -2.33. The molecular weight excluding hydrogens is 260 g/mol. The molecule has 0 radical (unpaired) electrons. The first-order chi connectivity index (χ1) is 10.2. The van der Waals surface area contributed by atoms with Crippen molar-refractivity contribution >= 4 is 0 Å². The van der Waals surface area contributed by atoms with Crippen LogP contribution < -0.4 is 5.32 Å². The van der Waals surface area contributed by atoms with Crippen molar-refractivity contribution in [1.82, 2.24) is 5.32 Å². The number of hydrogen-bond donors (Lipinski definition) is 1. The second-order valence-electron chi connectivity index (χ2n) is 5.97. The van der Waals surface area contributed by atoms with E-state index in [1.807, 2.05) is 18.2 Å². The van der Waals surface area contributed by atoms with E-state index in [-0.39, 0.29) is 12.1 Å². The second-order valence-corrected chi connectivity index (χ2v) is 5.97. The van der Waals surface area contributed by atoms with Gasteiger partial charge in [0, 0.05) is 12.6 Å². The molecule has 1 aromatic carbocycles. The summed E-state index contributed by atoms with van der Waals surface area (Å²) in [7, 11) is 0. The number of benzene rings is 1. The first kappa shape index (κ1) is 16.0. The summed E-state index contributed by atoms with van der Waals surface area (Å²) in [5, 5.41) is 13.3. The SMILES string of the molecule is CCCCO[C@H]1CCC[C@@]1(C#N)N[C@@H](C)c1ccccc1. The Balaban J connectivity index is 2.04. The molecule has 0 spiro atoms. The van der Waals surface area contributed by atoms with Crippen LogP contribution in [0.3, 0.4) is 0 Å². The van der Waals surface area contributed by atoms with Gasteiger partial charge < -0.3 is 4.74 Å². The summed E-state index contributed by atoms with van der Waals surface area (Å²) < 4.78 is 6.00. The Morgan fingerprint density at radius 1 is 1.43 bits per heavy atom. The standard InChI is InChI=1S/C18H26N2O/c1-3-4-13-21-17-11-8-12-18(17,14-19)20-15(2)16-9-6-5-7-10-16/h5-7,9-10,15,17,20H,3-4,8,11-13H2,1-2H3/t15-,17-,18-/m0/s1. The van der Waals surface area contributed by atoms with Crippen LogP contribution in [0.25, 0.3) is 0 Å². The van der Waals surface area contributed by atoms with Gasteiger partial charge >= 0.3 is 0 Å². The van der Waals surface area contributed by atoms with Crippen LogP contribution in [0.15, 0.2) is 30.3 Å². The van der Waals surface area contributed by atoms with Crippen molar-refractivity contribution in [3.63, 3.8) is 0 Å². The van der Waals surface area contributed by atoms with Gasteiger partial charge in [0.15, 0.2) is 0 Å². The van der Waals surface area contributed by atoms with Crippen molar-refractivity contribution in [2.24, 2.45) is 0 Å². The van der Waals surface area contributed by atoms with E-state index in [4.69, 9.17) is 4.74 Å². The lowest BCUT2D eigenvalue weighted by molar-refractivity contribution is 0.0156. The van der Waals surface area contributed by atoms with Gasteiger partial charge in [-0.05, 0) is 38.2 Å². The van der Waals surface area contributed by atoms with Crippen LogP contribution in [-0.4, -0.2) is 18.2 Å². The zero-order chi connectivity index (χ0) is 15.1. The third-order valence-electron chi connectivity index (χ3n) is 4.38. The Bertz CT molecular complexity index is 468. The van der Waals surface area contributed by atoms with E-state index in [1.165, 1.54) is 5.56 Å². The molecule has 2 rings (SSSR count). The molecule has 0 aliphatic heterocycles. The van der Waals surface area contributed by atoms with Crippen LogP contribution in [0, 0.1) is 11.3 Å². The van der Waals surface area contributed by atoms with E-state index in [0.29, 0.717) is 0 Å². The average Bonchev–Trinajstić information content (AvgIpc) is 2.92. The van der Waals surface area contributed by atoms with Crippen molar-refractivity contribution in [1.29, 1.82) is 5.26 Å². The zero-order valence-electron chi connectivity index (χ0n) is 13.1. The molecule has 3 heteroatoms. The number of nitrogens with zero attached hydrogens (tertiary/aromatic N) is 1. The van der Waals surface area contributed by atoms with Gasteiger partial charge in [-0.2, -0.15) is 5.26 Å². The maximum absolute atomic E-state index is 9.75. The minimum Gasteiger partial charge on any atom is -0.375 e. The minimum atomic E-state index is -0.539. The highest BCUT2D eigenvalue weighted by Crippen LogP contribution is 2.34. The maximum Gasteiger partial charge on any atom is 0.133 e. The molecule has 0 bridgehead atoms. The summed E-state index contributed by atoms with van der Waals surface area (Å²) in [5.74, 6) is 0. The molecule has 0 aromatic heterocycles. The molecule has 3 atom stereocenters. The van der Waals surface area contributed by atoms with Gasteiger partial charge in [0.25, 0.3) is 0 Å². The Kier molecular flexibility index (Phi) is 5.78. The second kappa shape index (κ2) is 7.59. The molecule has 0 heterocycles. The lowest BCUT2D eigenvalue weighted by Crippen LogP contribution is -2.52. The van der Waals surface area contributed by atoms with E-state index in [2.05, 4.69) is 37.4 Å². The summed E-state index contributed by atoms with van der Waals surface area (Å²) in [4.78, 5) is 0. The highest BCUT2D eigenvalue weighted by Gasteiger charge is 2.45. The molecule has 1 fully saturated rings. The number of nitrogens with one attached hydrogen (secondary N) is 1. The van der Waals surface area contributed by atoms with Crippen LogP contribution in [0.2, 0.25) is 0 Å². The number of nitriles is 1. The summed E-state index contributed by atoms with van der Waals surface area (Å²) in [6.45, 7) is 5.03. The monoisotopic (exact) mass is 286 g/mol. The fraction of sp³-hybridized carbons (Fsp3) is 0.611. The van der Waals surface area contributed by atoms with Crippen LogP contribution in [0.4, 0.5) is 0 Å². The molecule has 1 aliphatic carbocycles. The highest BCUT2D eigenvalue weighted by molar-refractivity contribution is 5.22. The first-order valence-corrected chi connectivity index (χ1v) is 8.07. The van der Waals surface area contributed by atoms with Crippen molar-refractivity contribution in [2.45, 2.75) is 63.6 Å². The molecule has 1 aliphatic rings. The number of hydrogen-bond acceptors (Lipinski definition) is 3. The summed E-state index contributed by atoms with van der Waals surface area (Å²) in [6.07, 6.45) is 5.11. The molecule has 114 valence electrons. The minimum absolute atomic E-state index is 0.0141. The van der Waals surface area contributed by atoms with E-state index < -0.39 is 5.54 Å². The molecule has 3 nitrogen and oxygen atoms in total. The topological polar surface area (TPSA) is 45.0 Å². The third kappa shape index (κ3) is 3.84. The van der Waals surface area contributed by atoms with Crippen molar-refractivity contribution in [3.05, 3.63) is 35.9 Å². The molecule has 0 unspecified atom stereocenters. The van der Waals surface area contributed by atoms with Crippen LogP contribution >= 0.6 is 0 Å². The van der Waals surface area contributed by atoms with Crippen LogP contribution in [0.1, 0.15) is 57.6 Å². The quantitative estimate of drug-likeness (QED) is 0.771. The van der Waals surface area contributed by atoms with E-state index in [9.17, 15) is 5.26 Å². The highest BCUT2D eigenvalue weighted by atomic mass is 16.5. The summed E-state index contributed by atoms with van der Waals surface area (Å²) >= 11 is 0. The smallest absolute Gasteiger partial charge is 0.133 e. The molecule has 1 aromatic rings. The van der Waals surface area contributed by atoms with Crippen molar-refractivity contribution in [3.8, 4) is 6.07 Å². The lowest BCUT2D eigenvalue weighted by atomic mass is 9.94. The molecule has 21 heavy (non-hydrogen) atoms. The zero-order valence-corrected chi connectivity index (χ0v) is 13.1. The Morgan fingerprint density at radius 2 is 2.19 bits per heavy atom. The Labute approximate surface area is 128 Å². The summed E-state index contributed by atoms with van der Waals surface area (Å²) in [5.41, 5.74) is 0.676. The molecular formula is C18H26N2O. The first-order valence-electron chi connectivity index (χ1n) is 8.07. The van der Waals surface area contributed by atoms with Crippen molar-refractivity contribution in [2.75, 3.05) is 6.61 Å². The number of unbranched alkanes of at least 4 members (excludes halogenated alkanes) is 1. The van der Waals surface area contributed by atoms with Gasteiger partial charge in [0.05, 0.1) is 12.2 Å². The molecule has 1 N–H and O–H groups in total. The number of rotatable bonds is 7. The van der Waals surface area contributed by atoms with Crippen LogP contribution in [-0.2, 0) is 4.74 Å². The van der Waals surface area contributed by atoms with Crippen LogP contribution in [0.5, 0.6) is 0 Å². The number of ether oxygens (including phenoxy) is 1. The Morgan fingerprint density at radius 3 is 2.86 bits per heavy atom. The maximum atomic E-state index is 9.75. The fourth-order valence-electron chi connectivity index (χ4n) is 3.11. The van der Waals surface area contributed by atoms with Gasteiger partial charge in [0.2, 0.25) is 0 Å². The Hall–Kier alpha value is -1.37. The van der Waals surface area contributed by atoms with Gasteiger partial charge in [-0.25, -0.2) is 0 Å². The third-order valence-corrected chi connectivity index (χ3v) is 4.38. The molecule has 1 saturated carbocycles. The van der Waals surface area contributed by atoms with Crippen molar-refractivity contribution < 1.29 is 4.74 Å². The summed E-state index contributed by atoms with van der Waals surface area (Å²) in [6, 6.07) is 13.0. The molecule has 0 amide bonds. The van der Waals surface area contributed by atoms with Gasteiger partial charge in [-0.1, -0.05) is 43.7 Å². The largest absolute Gasteiger partial charge is 0.375 e. The van der Waals surface area contributed by atoms with E-state index >= 15 is 0 Å². The van der Waals surface area contributed by atoms with Gasteiger partial charge in [-0.3, -0.25) is 5.32 Å². The van der Waals surface area contributed by atoms with Gasteiger partial charge in [-0.15, -0.1) is 0 Å². The van der Waals surface area contributed by atoms with Gasteiger partial charge in [0.1, 0.15) is 5.54 Å². The normalized spacial score (nSPS) is 26.4. The average molecular weight is 286 g/mol. The van der Waals surface area contributed by atoms with E-state index in [1.54, 1.807) is 0 Å². The predicted octanol–water partition coefficient (Wildman–Crippen LogP) is 3.97. The molecule has 0 saturated heterocycles. The van der Waals surface area contributed by atoms with E-state index in [0.717, 1.165) is 38.7 Å². The fourth-order valence-corrected chi connectivity index (χ4v) is 3.11. The predicted molar refractivity (Wildman–Crippen MR) is 84.8 cm³/mol.